The molecule has 0 spiro atoms. The number of hydrogen-bond acceptors (Lipinski definition) is 4. The van der Waals surface area contributed by atoms with Crippen molar-refractivity contribution < 1.29 is 9.84 Å². The number of ether oxygens (including phenoxy) is 1. The lowest BCUT2D eigenvalue weighted by Gasteiger charge is -2.31. The Labute approximate surface area is 124 Å². The summed E-state index contributed by atoms with van der Waals surface area (Å²) in [6, 6.07) is 0.697. The summed E-state index contributed by atoms with van der Waals surface area (Å²) in [4.78, 5) is 2.52. The van der Waals surface area contributed by atoms with Crippen molar-refractivity contribution in [2.24, 2.45) is 5.92 Å². The van der Waals surface area contributed by atoms with Crippen LogP contribution in [-0.2, 0) is 4.74 Å². The van der Waals surface area contributed by atoms with Gasteiger partial charge in [-0.3, -0.25) is 4.90 Å². The topological polar surface area (TPSA) is 44.7 Å². The second kappa shape index (κ2) is 10.6. The van der Waals surface area contributed by atoms with Gasteiger partial charge in [0.2, 0.25) is 0 Å². The van der Waals surface area contributed by atoms with Gasteiger partial charge >= 0.3 is 0 Å². The molecule has 0 heterocycles. The number of aliphatic hydroxyl groups excluding tert-OH is 1. The molecule has 1 rings (SSSR count). The van der Waals surface area contributed by atoms with E-state index in [0.717, 1.165) is 25.6 Å². The number of rotatable bonds is 11. The minimum absolute atomic E-state index is 0.278. The zero-order valence-corrected chi connectivity index (χ0v) is 13.6. The first-order valence-electron chi connectivity index (χ1n) is 8.25. The first-order valence-corrected chi connectivity index (χ1v) is 8.25. The van der Waals surface area contributed by atoms with E-state index in [1.54, 1.807) is 7.11 Å². The summed E-state index contributed by atoms with van der Waals surface area (Å²) in [5.74, 6) is 0.732. The largest absolute Gasteiger partial charge is 0.390 e. The van der Waals surface area contributed by atoms with Crippen molar-refractivity contribution in [3.8, 4) is 0 Å². The molecule has 20 heavy (non-hydrogen) atoms. The van der Waals surface area contributed by atoms with Crippen LogP contribution < -0.4 is 5.32 Å². The molecule has 2 N–H and O–H groups in total. The number of nitrogens with zero attached hydrogens (tertiary/aromatic N) is 1. The van der Waals surface area contributed by atoms with Crippen LogP contribution in [0.4, 0.5) is 0 Å². The summed E-state index contributed by atoms with van der Waals surface area (Å²) in [6.45, 7) is 8.64. The van der Waals surface area contributed by atoms with Gasteiger partial charge in [-0.25, -0.2) is 0 Å². The van der Waals surface area contributed by atoms with Crippen LogP contribution in [-0.4, -0.2) is 62.0 Å². The highest BCUT2D eigenvalue weighted by atomic mass is 16.5. The van der Waals surface area contributed by atoms with Gasteiger partial charge in [-0.2, -0.15) is 0 Å². The predicted octanol–water partition coefficient (Wildman–Crippen LogP) is 1.87. The van der Waals surface area contributed by atoms with E-state index in [9.17, 15) is 5.11 Å². The van der Waals surface area contributed by atoms with E-state index < -0.39 is 0 Å². The van der Waals surface area contributed by atoms with Gasteiger partial charge in [0.15, 0.2) is 0 Å². The van der Waals surface area contributed by atoms with Crippen molar-refractivity contribution in [2.45, 2.75) is 58.1 Å². The molecular weight excluding hydrogens is 252 g/mol. The number of methoxy groups -OCH3 is 1. The molecule has 1 aliphatic rings. The lowest BCUT2D eigenvalue weighted by atomic mass is 10.1. The monoisotopic (exact) mass is 286 g/mol. The third-order valence-corrected chi connectivity index (χ3v) is 4.14. The average Bonchev–Trinajstić information content (AvgIpc) is 2.93. The first kappa shape index (κ1) is 17.9. The molecule has 0 aliphatic heterocycles. The normalized spacial score (nSPS) is 18.3. The summed E-state index contributed by atoms with van der Waals surface area (Å²) in [5.41, 5.74) is 0. The molecule has 1 unspecified atom stereocenters. The maximum atomic E-state index is 10.2. The summed E-state index contributed by atoms with van der Waals surface area (Å²) >= 11 is 0. The van der Waals surface area contributed by atoms with Gasteiger partial charge in [0.1, 0.15) is 0 Å². The van der Waals surface area contributed by atoms with E-state index in [1.165, 1.54) is 32.1 Å². The van der Waals surface area contributed by atoms with Gasteiger partial charge in [-0.05, 0) is 31.7 Å². The van der Waals surface area contributed by atoms with E-state index in [0.29, 0.717) is 19.2 Å². The highest BCUT2D eigenvalue weighted by Crippen LogP contribution is 2.24. The summed E-state index contributed by atoms with van der Waals surface area (Å²) < 4.78 is 5.00. The lowest BCUT2D eigenvalue weighted by Crippen LogP contribution is -2.43. The molecule has 0 aromatic heterocycles. The minimum Gasteiger partial charge on any atom is -0.390 e. The molecule has 1 saturated carbocycles. The fourth-order valence-corrected chi connectivity index (χ4v) is 2.89. The smallest absolute Gasteiger partial charge is 0.0791 e. The molecule has 0 aromatic rings. The fraction of sp³-hybridized carbons (Fsp3) is 1.00. The predicted molar refractivity (Wildman–Crippen MR) is 84.0 cm³/mol. The van der Waals surface area contributed by atoms with Crippen molar-refractivity contribution >= 4 is 0 Å². The SMILES string of the molecule is COCCNCC(O)CN(CCC(C)C)C1CCCC1. The average molecular weight is 286 g/mol. The quantitative estimate of drug-likeness (QED) is 0.569. The van der Waals surface area contributed by atoms with Crippen molar-refractivity contribution in [2.75, 3.05) is 39.9 Å². The van der Waals surface area contributed by atoms with Crippen molar-refractivity contribution in [1.82, 2.24) is 10.2 Å². The van der Waals surface area contributed by atoms with Gasteiger partial charge in [-0.15, -0.1) is 0 Å². The molecular formula is C16H34N2O2. The van der Waals surface area contributed by atoms with Gasteiger partial charge in [0, 0.05) is 32.8 Å². The van der Waals surface area contributed by atoms with Crippen LogP contribution in [0.15, 0.2) is 0 Å². The highest BCUT2D eigenvalue weighted by Gasteiger charge is 2.24. The third kappa shape index (κ3) is 7.58. The van der Waals surface area contributed by atoms with Crippen LogP contribution in [0.5, 0.6) is 0 Å². The van der Waals surface area contributed by atoms with E-state index in [-0.39, 0.29) is 6.10 Å². The Hall–Kier alpha value is -0.160. The van der Waals surface area contributed by atoms with Crippen LogP contribution in [0.3, 0.4) is 0 Å². The summed E-state index contributed by atoms with van der Waals surface area (Å²) in [6.07, 6.45) is 6.26. The van der Waals surface area contributed by atoms with Crippen LogP contribution in [0.25, 0.3) is 0 Å². The molecule has 0 radical (unpaired) electrons. The maximum Gasteiger partial charge on any atom is 0.0791 e. The lowest BCUT2D eigenvalue weighted by molar-refractivity contribution is 0.0822. The van der Waals surface area contributed by atoms with Crippen molar-refractivity contribution in [1.29, 1.82) is 0 Å². The zero-order chi connectivity index (χ0) is 14.8. The van der Waals surface area contributed by atoms with Crippen LogP contribution in [0.2, 0.25) is 0 Å². The fourth-order valence-electron chi connectivity index (χ4n) is 2.89. The molecule has 0 bridgehead atoms. The maximum absolute atomic E-state index is 10.2. The van der Waals surface area contributed by atoms with Crippen molar-refractivity contribution in [3.05, 3.63) is 0 Å². The second-order valence-corrected chi connectivity index (χ2v) is 6.47. The Morgan fingerprint density at radius 1 is 1.30 bits per heavy atom. The number of hydrogen-bond donors (Lipinski definition) is 2. The van der Waals surface area contributed by atoms with Crippen LogP contribution >= 0.6 is 0 Å². The number of nitrogens with one attached hydrogen (secondary N) is 1. The zero-order valence-electron chi connectivity index (χ0n) is 13.6. The summed E-state index contributed by atoms with van der Waals surface area (Å²) in [5, 5.41) is 13.4. The molecule has 1 aliphatic carbocycles. The van der Waals surface area contributed by atoms with Gasteiger partial charge in [-0.1, -0.05) is 26.7 Å². The molecule has 1 fully saturated rings. The molecule has 4 heteroatoms. The molecule has 0 saturated heterocycles. The van der Waals surface area contributed by atoms with Gasteiger partial charge in [0.05, 0.1) is 12.7 Å². The molecule has 0 amide bonds. The molecule has 0 aromatic carbocycles. The second-order valence-electron chi connectivity index (χ2n) is 6.47. The van der Waals surface area contributed by atoms with Crippen molar-refractivity contribution in [3.63, 3.8) is 0 Å². The molecule has 4 nitrogen and oxygen atoms in total. The van der Waals surface area contributed by atoms with E-state index >= 15 is 0 Å². The Morgan fingerprint density at radius 3 is 2.60 bits per heavy atom. The van der Waals surface area contributed by atoms with E-state index in [4.69, 9.17) is 4.74 Å². The number of aliphatic hydroxyl groups is 1. The molecule has 1 atom stereocenters. The molecule has 120 valence electrons. The van der Waals surface area contributed by atoms with E-state index in [1.807, 2.05) is 0 Å². The van der Waals surface area contributed by atoms with E-state index in [2.05, 4.69) is 24.1 Å². The standard InChI is InChI=1S/C16H34N2O2/c1-14(2)8-10-18(15-6-4-5-7-15)13-16(19)12-17-9-11-20-3/h14-17,19H,4-13H2,1-3H3. The van der Waals surface area contributed by atoms with Crippen LogP contribution in [0, 0.1) is 5.92 Å². The minimum atomic E-state index is -0.278. The van der Waals surface area contributed by atoms with Gasteiger partial charge in [0.25, 0.3) is 0 Å². The third-order valence-electron chi connectivity index (χ3n) is 4.14. The highest BCUT2D eigenvalue weighted by molar-refractivity contribution is 4.80. The Bertz CT molecular complexity index is 231. The Morgan fingerprint density at radius 2 is 2.00 bits per heavy atom. The van der Waals surface area contributed by atoms with Gasteiger partial charge < -0.3 is 15.2 Å². The Kier molecular flexibility index (Phi) is 9.44. The summed E-state index contributed by atoms with van der Waals surface area (Å²) in [7, 11) is 1.70. The van der Waals surface area contributed by atoms with Crippen LogP contribution in [0.1, 0.15) is 46.0 Å². The Balaban J connectivity index is 2.30. The first-order chi connectivity index (χ1) is 9.63.